The van der Waals surface area contributed by atoms with Gasteiger partial charge >= 0.3 is 0 Å². The highest BCUT2D eigenvalue weighted by molar-refractivity contribution is 9.10. The Morgan fingerprint density at radius 3 is 3.00 bits per heavy atom. The van der Waals surface area contributed by atoms with Gasteiger partial charge in [-0.25, -0.2) is 4.52 Å². The van der Waals surface area contributed by atoms with Gasteiger partial charge in [0.1, 0.15) is 5.75 Å². The first-order valence-corrected chi connectivity index (χ1v) is 7.51. The summed E-state index contributed by atoms with van der Waals surface area (Å²) in [5.74, 6) is 0.562. The molecule has 0 saturated heterocycles. The lowest BCUT2D eigenvalue weighted by Gasteiger charge is -2.05. The number of nitrogens with zero attached hydrogens (tertiary/aromatic N) is 2. The zero-order valence-electron chi connectivity index (χ0n) is 11.9. The highest BCUT2D eigenvalue weighted by atomic mass is 79.9. The lowest BCUT2D eigenvalue weighted by molar-refractivity contribution is 0.0945. The van der Waals surface area contributed by atoms with Gasteiger partial charge in [0.25, 0.3) is 5.91 Å². The monoisotopic (exact) mass is 359 g/mol. The molecule has 0 unspecified atom stereocenters. The number of ether oxygens (including phenoxy) is 1. The fourth-order valence-electron chi connectivity index (χ4n) is 2.13. The second-order valence-corrected chi connectivity index (χ2v) is 5.70. The molecule has 0 aliphatic rings. The first kappa shape index (κ1) is 14.6. The number of aromatic nitrogens is 2. The molecule has 0 atom stereocenters. The summed E-state index contributed by atoms with van der Waals surface area (Å²) >= 11 is 3.38. The van der Waals surface area contributed by atoms with Crippen molar-refractivity contribution in [1.29, 1.82) is 0 Å². The highest BCUT2D eigenvalue weighted by Gasteiger charge is 2.10. The summed E-state index contributed by atoms with van der Waals surface area (Å²) in [6.07, 6.45) is 1.81. The van der Waals surface area contributed by atoms with Crippen LogP contribution in [0, 0.1) is 0 Å². The minimum atomic E-state index is -0.206. The Balaban J connectivity index is 1.72. The predicted molar refractivity (Wildman–Crippen MR) is 87.1 cm³/mol. The average molecular weight is 360 g/mol. The topological polar surface area (TPSA) is 55.6 Å². The number of carbonyl (C=O) groups is 1. The maximum Gasteiger partial charge on any atom is 0.272 e. The summed E-state index contributed by atoms with van der Waals surface area (Å²) in [7, 11) is 1.62. The second kappa shape index (κ2) is 6.19. The number of hydrogen-bond acceptors (Lipinski definition) is 3. The molecule has 6 heteroatoms. The van der Waals surface area contributed by atoms with Gasteiger partial charge in [0.05, 0.1) is 12.6 Å². The van der Waals surface area contributed by atoms with Crippen LogP contribution in [0.4, 0.5) is 0 Å². The maximum atomic E-state index is 12.2. The van der Waals surface area contributed by atoms with Gasteiger partial charge in [-0.2, -0.15) is 5.10 Å². The summed E-state index contributed by atoms with van der Waals surface area (Å²) in [6.45, 7) is 0.424. The number of benzene rings is 1. The third-order valence-electron chi connectivity index (χ3n) is 3.24. The number of methoxy groups -OCH3 is 1. The summed E-state index contributed by atoms with van der Waals surface area (Å²) in [5.41, 5.74) is 2.23. The fraction of sp³-hybridized carbons (Fsp3) is 0.125. The number of amides is 1. The fourth-order valence-corrected chi connectivity index (χ4v) is 2.45. The van der Waals surface area contributed by atoms with Gasteiger partial charge < -0.3 is 10.1 Å². The molecule has 5 nitrogen and oxygen atoms in total. The molecule has 0 bridgehead atoms. The van der Waals surface area contributed by atoms with Crippen LogP contribution in [0.15, 0.2) is 53.1 Å². The van der Waals surface area contributed by atoms with Gasteiger partial charge in [0.15, 0.2) is 5.69 Å². The minimum absolute atomic E-state index is 0.206. The van der Waals surface area contributed by atoms with E-state index in [1.165, 1.54) is 0 Å². The predicted octanol–water partition coefficient (Wildman–Crippen LogP) is 3.04. The molecule has 2 aromatic heterocycles. The molecule has 3 rings (SSSR count). The highest BCUT2D eigenvalue weighted by Crippen LogP contribution is 2.14. The molecular formula is C16H14BrN3O2. The minimum Gasteiger partial charge on any atom is -0.497 e. The Bertz CT molecular complexity index is 829. The zero-order chi connectivity index (χ0) is 15.5. The Labute approximate surface area is 136 Å². The number of pyridine rings is 1. The number of hydrogen-bond donors (Lipinski definition) is 1. The Kier molecular flexibility index (Phi) is 4.11. The SMILES string of the molecule is COc1cccc(CNC(=O)c2cc3ccc(Br)cn3n2)c1. The van der Waals surface area contributed by atoms with Crippen LogP contribution in [-0.4, -0.2) is 22.6 Å². The van der Waals surface area contributed by atoms with Crippen LogP contribution in [0.2, 0.25) is 0 Å². The molecule has 1 N–H and O–H groups in total. The molecule has 0 aliphatic heterocycles. The molecule has 2 heterocycles. The van der Waals surface area contributed by atoms with E-state index in [9.17, 15) is 4.79 Å². The van der Waals surface area contributed by atoms with E-state index in [0.29, 0.717) is 12.2 Å². The van der Waals surface area contributed by atoms with Crippen molar-refractivity contribution in [2.45, 2.75) is 6.54 Å². The third kappa shape index (κ3) is 3.12. The summed E-state index contributed by atoms with van der Waals surface area (Å²) in [5, 5.41) is 7.13. The van der Waals surface area contributed by atoms with Gasteiger partial charge in [0.2, 0.25) is 0 Å². The van der Waals surface area contributed by atoms with Crippen molar-refractivity contribution in [2.75, 3.05) is 7.11 Å². The maximum absolute atomic E-state index is 12.2. The van der Waals surface area contributed by atoms with Gasteiger partial charge in [-0.15, -0.1) is 0 Å². The van der Waals surface area contributed by atoms with Crippen molar-refractivity contribution >= 4 is 27.4 Å². The largest absolute Gasteiger partial charge is 0.497 e. The number of halogens is 1. The van der Waals surface area contributed by atoms with E-state index in [1.807, 2.05) is 42.6 Å². The molecule has 0 aliphatic carbocycles. The smallest absolute Gasteiger partial charge is 0.272 e. The van der Waals surface area contributed by atoms with Crippen molar-refractivity contribution in [3.63, 3.8) is 0 Å². The molecule has 1 amide bonds. The molecule has 0 saturated carbocycles. The zero-order valence-corrected chi connectivity index (χ0v) is 13.5. The molecule has 3 aromatic rings. The Morgan fingerprint density at radius 2 is 2.18 bits per heavy atom. The number of carbonyl (C=O) groups excluding carboxylic acids is 1. The van der Waals surface area contributed by atoms with Gasteiger partial charge in [-0.05, 0) is 51.8 Å². The van der Waals surface area contributed by atoms with E-state index in [-0.39, 0.29) is 5.91 Å². The molecular weight excluding hydrogens is 346 g/mol. The van der Waals surface area contributed by atoms with Crippen LogP contribution >= 0.6 is 15.9 Å². The van der Waals surface area contributed by atoms with E-state index in [1.54, 1.807) is 17.7 Å². The molecule has 1 aromatic carbocycles. The van der Waals surface area contributed by atoms with Crippen molar-refractivity contribution < 1.29 is 9.53 Å². The molecule has 22 heavy (non-hydrogen) atoms. The van der Waals surface area contributed by atoms with E-state index in [2.05, 4.69) is 26.3 Å². The average Bonchev–Trinajstić information content (AvgIpc) is 2.96. The molecule has 0 radical (unpaired) electrons. The van der Waals surface area contributed by atoms with E-state index in [0.717, 1.165) is 21.3 Å². The van der Waals surface area contributed by atoms with Gasteiger partial charge in [-0.1, -0.05) is 12.1 Å². The summed E-state index contributed by atoms with van der Waals surface area (Å²) in [6, 6.07) is 13.1. The number of rotatable bonds is 4. The third-order valence-corrected chi connectivity index (χ3v) is 3.71. The van der Waals surface area contributed by atoms with Crippen LogP contribution in [0.5, 0.6) is 5.75 Å². The van der Waals surface area contributed by atoms with Gasteiger partial charge in [0, 0.05) is 17.2 Å². The van der Waals surface area contributed by atoms with Crippen LogP contribution in [0.1, 0.15) is 16.1 Å². The number of nitrogens with one attached hydrogen (secondary N) is 1. The van der Waals surface area contributed by atoms with Crippen LogP contribution < -0.4 is 10.1 Å². The first-order chi connectivity index (χ1) is 10.7. The summed E-state index contributed by atoms with van der Waals surface area (Å²) < 4.78 is 7.74. The van der Waals surface area contributed by atoms with Crippen molar-refractivity contribution in [2.24, 2.45) is 0 Å². The van der Waals surface area contributed by atoms with E-state index < -0.39 is 0 Å². The van der Waals surface area contributed by atoms with Crippen molar-refractivity contribution in [1.82, 2.24) is 14.9 Å². The quantitative estimate of drug-likeness (QED) is 0.778. The first-order valence-electron chi connectivity index (χ1n) is 6.72. The van der Waals surface area contributed by atoms with Crippen molar-refractivity contribution in [3.8, 4) is 5.75 Å². The Hall–Kier alpha value is -2.34. The van der Waals surface area contributed by atoms with Crippen LogP contribution in [0.25, 0.3) is 5.52 Å². The van der Waals surface area contributed by atoms with Crippen LogP contribution in [0.3, 0.4) is 0 Å². The normalized spacial score (nSPS) is 10.6. The standard InChI is InChI=1S/C16H14BrN3O2/c1-22-14-4-2-3-11(7-14)9-18-16(21)15-8-13-6-5-12(17)10-20(13)19-15/h2-8,10H,9H2,1H3,(H,18,21). The van der Waals surface area contributed by atoms with Gasteiger partial charge in [-0.3, -0.25) is 4.79 Å². The molecule has 112 valence electrons. The second-order valence-electron chi connectivity index (χ2n) is 4.78. The van der Waals surface area contributed by atoms with E-state index in [4.69, 9.17) is 4.74 Å². The molecule has 0 spiro atoms. The Morgan fingerprint density at radius 1 is 1.32 bits per heavy atom. The lowest BCUT2D eigenvalue weighted by Crippen LogP contribution is -2.23. The summed E-state index contributed by atoms with van der Waals surface area (Å²) in [4.78, 5) is 12.2. The molecule has 0 fully saturated rings. The van der Waals surface area contributed by atoms with E-state index >= 15 is 0 Å². The lowest BCUT2D eigenvalue weighted by atomic mass is 10.2. The van der Waals surface area contributed by atoms with Crippen LogP contribution in [-0.2, 0) is 6.54 Å². The van der Waals surface area contributed by atoms with Crippen molar-refractivity contribution in [3.05, 3.63) is 64.4 Å². The number of fused-ring (bicyclic) bond motifs is 1.